The van der Waals surface area contributed by atoms with Crippen molar-refractivity contribution in [3.63, 3.8) is 0 Å². The van der Waals surface area contributed by atoms with Crippen molar-refractivity contribution in [1.82, 2.24) is 10.3 Å². The summed E-state index contributed by atoms with van der Waals surface area (Å²) in [5.74, 6) is 0.0219. The minimum Gasteiger partial charge on any atom is -0.368 e. The summed E-state index contributed by atoms with van der Waals surface area (Å²) in [7, 11) is 0. The summed E-state index contributed by atoms with van der Waals surface area (Å²) in [6.45, 7) is 4.83. The predicted octanol–water partition coefficient (Wildman–Crippen LogP) is 5.45. The fraction of sp³-hybridized carbons (Fsp3) is 0.250. The van der Waals surface area contributed by atoms with Gasteiger partial charge in [-0.2, -0.15) is 5.10 Å². The van der Waals surface area contributed by atoms with Crippen molar-refractivity contribution >= 4 is 40.8 Å². The first-order valence-electron chi connectivity index (χ1n) is 11.8. The van der Waals surface area contributed by atoms with Gasteiger partial charge in [-0.1, -0.05) is 91.6 Å². The van der Waals surface area contributed by atoms with Gasteiger partial charge in [-0.15, -0.1) is 0 Å². The van der Waals surface area contributed by atoms with E-state index in [1.54, 1.807) is 0 Å². The third-order valence-corrected chi connectivity index (χ3v) is 6.59. The first kappa shape index (κ1) is 25.7. The number of halogens is 2. The Morgan fingerprint density at radius 1 is 1.03 bits per heavy atom. The zero-order chi connectivity index (χ0) is 25.7. The van der Waals surface area contributed by atoms with Crippen molar-refractivity contribution in [3.05, 3.63) is 106 Å². The van der Waals surface area contributed by atoms with Crippen molar-refractivity contribution in [1.29, 1.82) is 0 Å². The van der Waals surface area contributed by atoms with Crippen LogP contribution in [0.15, 0.2) is 89.0 Å². The maximum atomic E-state index is 12.2. The number of amides is 1. The second-order valence-electron chi connectivity index (χ2n) is 9.07. The number of nitrogens with two attached hydrogens (primary N) is 1. The van der Waals surface area contributed by atoms with Gasteiger partial charge in [-0.05, 0) is 46.9 Å². The molecule has 3 aromatic rings. The van der Waals surface area contributed by atoms with Crippen LogP contribution in [0, 0.1) is 5.92 Å². The van der Waals surface area contributed by atoms with Gasteiger partial charge in [-0.25, -0.2) is 10.0 Å². The number of carbonyl (C=O) groups is 1. The number of benzene rings is 3. The van der Waals surface area contributed by atoms with Crippen LogP contribution in [-0.4, -0.2) is 35.2 Å². The molecule has 3 aromatic carbocycles. The highest BCUT2D eigenvalue weighted by molar-refractivity contribution is 6.31. The fourth-order valence-electron chi connectivity index (χ4n) is 4.13. The van der Waals surface area contributed by atoms with E-state index in [1.165, 1.54) is 0 Å². The van der Waals surface area contributed by atoms with Crippen LogP contribution < -0.4 is 11.1 Å². The third-order valence-electron chi connectivity index (χ3n) is 6.08. The molecule has 0 spiro atoms. The molecule has 0 saturated carbocycles. The van der Waals surface area contributed by atoms with E-state index in [2.05, 4.69) is 17.4 Å². The molecule has 1 aliphatic rings. The van der Waals surface area contributed by atoms with Crippen LogP contribution in [0.2, 0.25) is 10.0 Å². The summed E-state index contributed by atoms with van der Waals surface area (Å²) in [6, 6.07) is 24.8. The van der Waals surface area contributed by atoms with Crippen LogP contribution in [0.5, 0.6) is 0 Å². The number of guanidine groups is 1. The van der Waals surface area contributed by atoms with Gasteiger partial charge < -0.3 is 11.1 Å². The van der Waals surface area contributed by atoms with Gasteiger partial charge in [0.15, 0.2) is 0 Å². The van der Waals surface area contributed by atoms with Crippen LogP contribution in [-0.2, 0) is 11.3 Å². The maximum Gasteiger partial charge on any atom is 0.240 e. The SMILES string of the molecule is CC(C)[C@@H](N/C(=N\Cc1ccc(Cl)cc1)N1C[C@@H](c2ccccc2)C(c2ccc(Cl)cc2)=N1)C(N)=O. The fourth-order valence-corrected chi connectivity index (χ4v) is 4.38. The first-order valence-corrected chi connectivity index (χ1v) is 12.6. The lowest BCUT2D eigenvalue weighted by atomic mass is 9.91. The smallest absolute Gasteiger partial charge is 0.240 e. The standard InChI is InChI=1S/C28H29Cl2N5O/c1-18(2)25(27(31)36)33-28(32-16-19-8-12-22(29)13-9-19)35-17-24(20-6-4-3-5-7-20)26(34-35)21-10-14-23(30)15-11-21/h3-15,18,24-25H,16-17H2,1-2H3,(H2,31,36)(H,32,33)/t24-,25+/m0/s1. The van der Waals surface area contributed by atoms with Gasteiger partial charge >= 0.3 is 0 Å². The maximum absolute atomic E-state index is 12.2. The summed E-state index contributed by atoms with van der Waals surface area (Å²) in [6.07, 6.45) is 0. The van der Waals surface area contributed by atoms with Crippen molar-refractivity contribution < 1.29 is 4.79 Å². The molecule has 0 fully saturated rings. The summed E-state index contributed by atoms with van der Waals surface area (Å²) < 4.78 is 0. The van der Waals surface area contributed by atoms with Gasteiger partial charge in [0.25, 0.3) is 0 Å². The summed E-state index contributed by atoms with van der Waals surface area (Å²) in [4.78, 5) is 17.1. The van der Waals surface area contributed by atoms with Crippen molar-refractivity contribution in [2.24, 2.45) is 21.7 Å². The minimum absolute atomic E-state index is 0.000912. The van der Waals surface area contributed by atoms with E-state index in [4.69, 9.17) is 39.0 Å². The Bertz CT molecular complexity index is 1240. The van der Waals surface area contributed by atoms with E-state index in [9.17, 15) is 4.79 Å². The molecule has 186 valence electrons. The second kappa shape index (κ2) is 11.6. The Morgan fingerprint density at radius 2 is 1.64 bits per heavy atom. The normalized spacial score (nSPS) is 16.7. The van der Waals surface area contributed by atoms with Gasteiger partial charge in [-0.3, -0.25) is 4.79 Å². The molecule has 1 amide bonds. The number of carbonyl (C=O) groups excluding carboxylic acids is 1. The molecule has 1 heterocycles. The molecular formula is C28H29Cl2N5O. The molecule has 1 aliphatic heterocycles. The van der Waals surface area contributed by atoms with Crippen LogP contribution in [0.25, 0.3) is 0 Å². The monoisotopic (exact) mass is 521 g/mol. The molecule has 0 aromatic heterocycles. The molecule has 0 aliphatic carbocycles. The lowest BCUT2D eigenvalue weighted by Crippen LogP contribution is -2.51. The Hall–Kier alpha value is -3.35. The van der Waals surface area contributed by atoms with E-state index in [0.717, 1.165) is 22.4 Å². The van der Waals surface area contributed by atoms with Crippen molar-refractivity contribution in [2.45, 2.75) is 32.4 Å². The van der Waals surface area contributed by atoms with E-state index in [0.29, 0.717) is 29.1 Å². The Balaban J connectivity index is 1.72. The Labute approximate surface area is 221 Å². The predicted molar refractivity (Wildman–Crippen MR) is 147 cm³/mol. The number of nitrogens with zero attached hydrogens (tertiary/aromatic N) is 3. The Kier molecular flexibility index (Phi) is 8.28. The van der Waals surface area contributed by atoms with Crippen LogP contribution >= 0.6 is 23.2 Å². The topological polar surface area (TPSA) is 83.1 Å². The van der Waals surface area contributed by atoms with Crippen molar-refractivity contribution in [3.8, 4) is 0 Å². The average Bonchev–Trinajstić information content (AvgIpc) is 3.31. The number of hydrazone groups is 1. The van der Waals surface area contributed by atoms with Crippen LogP contribution in [0.3, 0.4) is 0 Å². The summed E-state index contributed by atoms with van der Waals surface area (Å²) in [5.41, 5.74) is 9.72. The number of aliphatic imine (C=N–C) groups is 1. The molecule has 0 saturated heterocycles. The zero-order valence-electron chi connectivity index (χ0n) is 20.2. The van der Waals surface area contributed by atoms with Gasteiger partial charge in [0, 0.05) is 16.0 Å². The number of nitrogens with one attached hydrogen (secondary N) is 1. The highest BCUT2D eigenvalue weighted by atomic mass is 35.5. The second-order valence-corrected chi connectivity index (χ2v) is 9.95. The Morgan fingerprint density at radius 3 is 2.22 bits per heavy atom. The van der Waals surface area contributed by atoms with E-state index < -0.39 is 11.9 Å². The van der Waals surface area contributed by atoms with E-state index >= 15 is 0 Å². The van der Waals surface area contributed by atoms with Gasteiger partial charge in [0.1, 0.15) is 6.04 Å². The molecule has 3 N–H and O–H groups in total. The average molecular weight is 522 g/mol. The summed E-state index contributed by atoms with van der Waals surface area (Å²) in [5, 5.41) is 11.4. The lowest BCUT2D eigenvalue weighted by Gasteiger charge is -2.25. The molecule has 6 nitrogen and oxygen atoms in total. The minimum atomic E-state index is -0.598. The number of hydrogen-bond acceptors (Lipinski definition) is 3. The first-order chi connectivity index (χ1) is 17.3. The van der Waals surface area contributed by atoms with Gasteiger partial charge in [0.05, 0.1) is 18.8 Å². The highest BCUT2D eigenvalue weighted by Gasteiger charge is 2.33. The molecule has 0 unspecified atom stereocenters. The van der Waals surface area contributed by atoms with Gasteiger partial charge in [0.2, 0.25) is 11.9 Å². The lowest BCUT2D eigenvalue weighted by molar-refractivity contribution is -0.120. The molecule has 36 heavy (non-hydrogen) atoms. The largest absolute Gasteiger partial charge is 0.368 e. The molecule has 0 bridgehead atoms. The molecular weight excluding hydrogens is 493 g/mol. The quantitative estimate of drug-likeness (QED) is 0.320. The zero-order valence-corrected chi connectivity index (χ0v) is 21.7. The molecule has 8 heteroatoms. The van der Waals surface area contributed by atoms with E-state index in [-0.39, 0.29) is 11.8 Å². The van der Waals surface area contributed by atoms with Crippen LogP contribution in [0.4, 0.5) is 0 Å². The summed E-state index contributed by atoms with van der Waals surface area (Å²) >= 11 is 12.2. The number of primary amides is 1. The van der Waals surface area contributed by atoms with Crippen molar-refractivity contribution in [2.75, 3.05) is 6.54 Å². The molecule has 0 radical (unpaired) electrons. The molecule has 2 atom stereocenters. The highest BCUT2D eigenvalue weighted by Crippen LogP contribution is 2.29. The number of rotatable bonds is 7. The van der Waals surface area contributed by atoms with E-state index in [1.807, 2.05) is 85.6 Å². The van der Waals surface area contributed by atoms with Crippen LogP contribution in [0.1, 0.15) is 36.5 Å². The third kappa shape index (κ3) is 6.25. The number of hydrogen-bond donors (Lipinski definition) is 2. The molecule has 4 rings (SSSR count).